The lowest BCUT2D eigenvalue weighted by Gasteiger charge is -2.34. The highest BCUT2D eigenvalue weighted by Crippen LogP contribution is 2.31. The molecule has 1 aromatic carbocycles. The van der Waals surface area contributed by atoms with Crippen LogP contribution in [-0.4, -0.2) is 73.1 Å². The van der Waals surface area contributed by atoms with Gasteiger partial charge in [0.2, 0.25) is 10.0 Å². The molecule has 0 amide bonds. The van der Waals surface area contributed by atoms with Crippen molar-refractivity contribution in [1.29, 1.82) is 0 Å². The minimum atomic E-state index is -3.64. The first-order valence-corrected chi connectivity index (χ1v) is 11.2. The molecule has 164 valence electrons. The van der Waals surface area contributed by atoms with Crippen molar-refractivity contribution in [1.82, 2.24) is 24.3 Å². The van der Waals surface area contributed by atoms with E-state index in [4.69, 9.17) is 9.47 Å². The van der Waals surface area contributed by atoms with Crippen molar-refractivity contribution in [2.24, 2.45) is 0 Å². The zero-order chi connectivity index (χ0) is 22.0. The second kappa shape index (κ2) is 8.52. The Morgan fingerprint density at radius 2 is 1.55 bits per heavy atom. The van der Waals surface area contributed by atoms with Gasteiger partial charge in [-0.1, -0.05) is 0 Å². The lowest BCUT2D eigenvalue weighted by atomic mass is 10.3. The largest absolute Gasteiger partial charge is 0.493 e. The molecule has 1 aliphatic heterocycles. The molecule has 0 bridgehead atoms. The van der Waals surface area contributed by atoms with Crippen LogP contribution in [0.25, 0.3) is 5.82 Å². The minimum Gasteiger partial charge on any atom is -0.493 e. The summed E-state index contributed by atoms with van der Waals surface area (Å²) in [5.41, 5.74) is 0.901. The maximum Gasteiger partial charge on any atom is 0.243 e. The topological polar surface area (TPSA) is 103 Å². The molecule has 2 aromatic heterocycles. The van der Waals surface area contributed by atoms with Crippen LogP contribution in [0.4, 0.5) is 5.82 Å². The van der Waals surface area contributed by atoms with Gasteiger partial charge in [-0.3, -0.25) is 0 Å². The van der Waals surface area contributed by atoms with E-state index in [9.17, 15) is 8.42 Å². The van der Waals surface area contributed by atoms with Gasteiger partial charge < -0.3 is 14.4 Å². The summed E-state index contributed by atoms with van der Waals surface area (Å²) in [4.78, 5) is 2.20. The highest BCUT2D eigenvalue weighted by atomic mass is 32.2. The van der Waals surface area contributed by atoms with Crippen molar-refractivity contribution in [3.63, 3.8) is 0 Å². The number of ether oxygens (including phenoxy) is 2. The first-order chi connectivity index (χ1) is 14.9. The second-order valence-electron chi connectivity index (χ2n) is 7.06. The Balaban J connectivity index is 1.44. The number of benzene rings is 1. The fourth-order valence-electron chi connectivity index (χ4n) is 3.44. The van der Waals surface area contributed by atoms with E-state index in [1.165, 1.54) is 30.7 Å². The fraction of sp³-hybridized carbons (Fsp3) is 0.350. The van der Waals surface area contributed by atoms with Crippen LogP contribution in [0.1, 0.15) is 5.69 Å². The first-order valence-electron chi connectivity index (χ1n) is 9.76. The molecule has 0 unspecified atom stereocenters. The van der Waals surface area contributed by atoms with Gasteiger partial charge in [-0.05, 0) is 37.3 Å². The Morgan fingerprint density at radius 3 is 2.13 bits per heavy atom. The molecule has 0 aliphatic carbocycles. The number of hydrogen-bond acceptors (Lipinski definition) is 8. The smallest absolute Gasteiger partial charge is 0.243 e. The van der Waals surface area contributed by atoms with E-state index >= 15 is 0 Å². The summed E-state index contributed by atoms with van der Waals surface area (Å²) in [6.45, 7) is 3.63. The van der Waals surface area contributed by atoms with Gasteiger partial charge in [0.1, 0.15) is 0 Å². The van der Waals surface area contributed by atoms with Gasteiger partial charge in [0.05, 0.1) is 24.8 Å². The Hall–Kier alpha value is -3.18. The summed E-state index contributed by atoms with van der Waals surface area (Å²) in [5, 5.41) is 12.9. The van der Waals surface area contributed by atoms with Crippen LogP contribution in [-0.2, 0) is 10.0 Å². The Labute approximate surface area is 181 Å². The van der Waals surface area contributed by atoms with Gasteiger partial charge in [-0.25, -0.2) is 13.1 Å². The van der Waals surface area contributed by atoms with Crippen LogP contribution in [0.2, 0.25) is 0 Å². The summed E-state index contributed by atoms with van der Waals surface area (Å²) in [6.07, 6.45) is 1.83. The number of aryl methyl sites for hydroxylation is 1. The summed E-state index contributed by atoms with van der Waals surface area (Å²) >= 11 is 0. The number of anilines is 1. The number of nitrogens with zero attached hydrogens (tertiary/aromatic N) is 6. The SMILES string of the molecule is COc1ccc(S(=O)(=O)N2CCN(c3ccc(-n4ccc(C)n4)nn3)CC2)cc1OC. The lowest BCUT2D eigenvalue weighted by Crippen LogP contribution is -2.49. The van der Waals surface area contributed by atoms with E-state index in [0.29, 0.717) is 49.3 Å². The number of methoxy groups -OCH3 is 2. The monoisotopic (exact) mass is 444 g/mol. The highest BCUT2D eigenvalue weighted by molar-refractivity contribution is 7.89. The maximum absolute atomic E-state index is 13.1. The van der Waals surface area contributed by atoms with Crippen molar-refractivity contribution < 1.29 is 17.9 Å². The molecule has 1 fully saturated rings. The predicted molar refractivity (Wildman–Crippen MR) is 114 cm³/mol. The molecule has 31 heavy (non-hydrogen) atoms. The minimum absolute atomic E-state index is 0.178. The van der Waals surface area contributed by atoms with Crippen molar-refractivity contribution in [2.45, 2.75) is 11.8 Å². The molecular weight excluding hydrogens is 420 g/mol. The van der Waals surface area contributed by atoms with Crippen molar-refractivity contribution >= 4 is 15.8 Å². The fourth-order valence-corrected chi connectivity index (χ4v) is 4.87. The molecule has 0 radical (unpaired) electrons. The summed E-state index contributed by atoms with van der Waals surface area (Å²) in [5.74, 6) is 2.20. The lowest BCUT2D eigenvalue weighted by molar-refractivity contribution is 0.353. The number of hydrogen-bond donors (Lipinski definition) is 0. The zero-order valence-electron chi connectivity index (χ0n) is 17.6. The molecule has 1 aliphatic rings. The van der Waals surface area contributed by atoms with Crippen LogP contribution in [0.3, 0.4) is 0 Å². The number of rotatable bonds is 6. The summed E-state index contributed by atoms with van der Waals surface area (Å²) < 4.78 is 39.7. The molecular formula is C20H24N6O4S. The number of piperazine rings is 1. The molecule has 1 saturated heterocycles. The molecule has 0 spiro atoms. The van der Waals surface area contributed by atoms with Crippen LogP contribution >= 0.6 is 0 Å². The third-order valence-electron chi connectivity index (χ3n) is 5.15. The Kier molecular flexibility index (Phi) is 5.79. The normalized spacial score (nSPS) is 15.1. The molecule has 3 heterocycles. The third kappa shape index (κ3) is 4.19. The van der Waals surface area contributed by atoms with Gasteiger partial charge in [0.25, 0.3) is 0 Å². The Bertz CT molecular complexity index is 1150. The molecule has 3 aromatic rings. The van der Waals surface area contributed by atoms with E-state index in [1.54, 1.807) is 10.7 Å². The maximum atomic E-state index is 13.1. The van der Waals surface area contributed by atoms with Gasteiger partial charge in [-0.15, -0.1) is 10.2 Å². The zero-order valence-corrected chi connectivity index (χ0v) is 18.4. The average Bonchev–Trinajstić information content (AvgIpc) is 3.25. The van der Waals surface area contributed by atoms with Crippen LogP contribution in [0.15, 0.2) is 47.5 Å². The molecule has 0 atom stereocenters. The summed E-state index contributed by atoms with van der Waals surface area (Å²) in [7, 11) is -0.652. The molecule has 11 heteroatoms. The standard InChI is InChI=1S/C20H24N6O4S/c1-15-8-9-26(23-15)20-7-6-19(21-22-20)24-10-12-25(13-11-24)31(27,28)16-4-5-17(29-2)18(14-16)30-3/h4-9,14H,10-13H2,1-3H3. The van der Waals surface area contributed by atoms with E-state index < -0.39 is 10.0 Å². The van der Waals surface area contributed by atoms with E-state index in [1.807, 2.05) is 36.2 Å². The second-order valence-corrected chi connectivity index (χ2v) is 9.00. The van der Waals surface area contributed by atoms with Crippen LogP contribution in [0, 0.1) is 6.92 Å². The molecule has 0 N–H and O–H groups in total. The van der Waals surface area contributed by atoms with Crippen molar-refractivity contribution in [3.8, 4) is 17.3 Å². The molecule has 0 saturated carbocycles. The first kappa shape index (κ1) is 21.1. The van der Waals surface area contributed by atoms with Gasteiger partial charge in [-0.2, -0.15) is 9.40 Å². The van der Waals surface area contributed by atoms with Crippen LogP contribution in [0.5, 0.6) is 11.5 Å². The van der Waals surface area contributed by atoms with Gasteiger partial charge in [0, 0.05) is 38.4 Å². The Morgan fingerprint density at radius 1 is 0.871 bits per heavy atom. The van der Waals surface area contributed by atoms with E-state index in [2.05, 4.69) is 15.3 Å². The van der Waals surface area contributed by atoms with Crippen LogP contribution < -0.4 is 14.4 Å². The molecule has 4 rings (SSSR count). The molecule has 10 nitrogen and oxygen atoms in total. The van der Waals surface area contributed by atoms with Crippen molar-refractivity contribution in [3.05, 3.63) is 48.3 Å². The quantitative estimate of drug-likeness (QED) is 0.564. The van der Waals surface area contributed by atoms with Crippen molar-refractivity contribution in [2.75, 3.05) is 45.3 Å². The number of aromatic nitrogens is 4. The van der Waals surface area contributed by atoms with Gasteiger partial charge in [0.15, 0.2) is 23.1 Å². The summed E-state index contributed by atoms with van der Waals surface area (Å²) in [6, 6.07) is 10.2. The number of sulfonamides is 1. The average molecular weight is 445 g/mol. The van der Waals surface area contributed by atoms with Gasteiger partial charge >= 0.3 is 0 Å². The highest BCUT2D eigenvalue weighted by Gasteiger charge is 2.29. The van der Waals surface area contributed by atoms with E-state index in [0.717, 1.165) is 5.69 Å². The predicted octanol–water partition coefficient (Wildman–Crippen LogP) is 1.50. The van der Waals surface area contributed by atoms with E-state index in [-0.39, 0.29) is 4.90 Å². The third-order valence-corrected chi connectivity index (χ3v) is 7.04.